The topological polar surface area (TPSA) is 229 Å². The second-order valence-electron chi connectivity index (χ2n) is 16.9. The largest absolute Gasteiger partial charge is 0.462 e. The Hall–Kier alpha value is -4.91. The minimum Gasteiger partial charge on any atom is -0.462 e. The number of fused-ring (bicyclic) bond motifs is 14. The summed E-state index contributed by atoms with van der Waals surface area (Å²) in [4.78, 5) is 58.0. The van der Waals surface area contributed by atoms with Crippen molar-refractivity contribution in [2.24, 2.45) is 28.8 Å². The van der Waals surface area contributed by atoms with Crippen LogP contribution in [0, 0.1) is 30.6 Å². The van der Waals surface area contributed by atoms with E-state index in [0.717, 1.165) is 13.1 Å². The smallest absolute Gasteiger partial charge is 0.312 e. The molecule has 6 rings (SSSR count). The van der Waals surface area contributed by atoms with Crippen LogP contribution in [0.2, 0.25) is 0 Å². The first-order valence-corrected chi connectivity index (χ1v) is 21.1. The zero-order valence-corrected chi connectivity index (χ0v) is 37.3. The average Bonchev–Trinajstić information content (AvgIpc) is 3.50. The number of hydrazone groups is 1. The van der Waals surface area contributed by atoms with Crippen molar-refractivity contribution >= 4 is 35.3 Å². The van der Waals surface area contributed by atoms with Crippen LogP contribution in [0.3, 0.4) is 0 Å². The van der Waals surface area contributed by atoms with Gasteiger partial charge in [-0.3, -0.25) is 24.2 Å². The Morgan fingerprint density at radius 2 is 1.69 bits per heavy atom. The number of aliphatic hydroxyl groups is 4. The summed E-state index contributed by atoms with van der Waals surface area (Å²) in [6, 6.07) is 0. The Balaban J connectivity index is 1.70. The number of carbonyl (C=O) groups excluding carboxylic acids is 4. The summed E-state index contributed by atoms with van der Waals surface area (Å²) in [7, 11) is 3.44. The molecule has 4 heterocycles. The number of ether oxygens (including phenoxy) is 4. The number of ketones is 2. The number of hydrogen-bond donors (Lipinski definition) is 6. The molecule has 0 aromatic heterocycles. The fourth-order valence-electron chi connectivity index (χ4n) is 8.47. The number of esters is 1. The van der Waals surface area contributed by atoms with E-state index in [1.54, 1.807) is 51.8 Å². The van der Waals surface area contributed by atoms with Crippen molar-refractivity contribution in [2.75, 3.05) is 58.8 Å². The first kappa shape index (κ1) is 48.1. The zero-order chi connectivity index (χ0) is 45.8. The number of methoxy groups -OCH3 is 1. The molecule has 5 bridgehead atoms. The number of allylic oxidation sites excluding steroid dienone is 3. The molecule has 5 aliphatic rings. The minimum absolute atomic E-state index is 0.0102. The molecular weight excluding hydrogens is 803 g/mol. The van der Waals surface area contributed by atoms with Crippen LogP contribution < -0.4 is 15.4 Å². The summed E-state index contributed by atoms with van der Waals surface area (Å²) < 4.78 is 23.9. The van der Waals surface area contributed by atoms with Crippen LogP contribution in [-0.4, -0.2) is 144 Å². The van der Waals surface area contributed by atoms with Gasteiger partial charge in [0.2, 0.25) is 5.78 Å². The van der Waals surface area contributed by atoms with E-state index in [1.165, 1.54) is 52.5 Å². The molecule has 62 heavy (non-hydrogen) atoms. The molecular formula is C45H63N5O12. The van der Waals surface area contributed by atoms with Crippen LogP contribution in [0.15, 0.2) is 52.5 Å². The summed E-state index contributed by atoms with van der Waals surface area (Å²) in [6.45, 7) is 15.0. The fourth-order valence-corrected chi connectivity index (χ4v) is 8.47. The van der Waals surface area contributed by atoms with Crippen LogP contribution in [0.5, 0.6) is 5.75 Å². The molecule has 4 aliphatic heterocycles. The van der Waals surface area contributed by atoms with Gasteiger partial charge in [-0.2, -0.15) is 5.10 Å². The molecule has 0 radical (unpaired) electrons. The Labute approximate surface area is 363 Å². The highest BCUT2D eigenvalue weighted by Crippen LogP contribution is 2.50. The van der Waals surface area contributed by atoms with E-state index in [0.29, 0.717) is 18.7 Å². The number of carbonyl (C=O) groups is 4. The Morgan fingerprint density at radius 1 is 1.02 bits per heavy atom. The van der Waals surface area contributed by atoms with Crippen LogP contribution in [0.4, 0.5) is 5.69 Å². The average molecular weight is 866 g/mol. The Morgan fingerprint density at radius 3 is 2.32 bits per heavy atom. The van der Waals surface area contributed by atoms with E-state index in [1.807, 2.05) is 7.05 Å². The van der Waals surface area contributed by atoms with Gasteiger partial charge in [-0.05, 0) is 27.0 Å². The first-order chi connectivity index (χ1) is 29.3. The molecule has 17 nitrogen and oxygen atoms in total. The quantitative estimate of drug-likeness (QED) is 0.171. The van der Waals surface area contributed by atoms with Crippen LogP contribution in [-0.2, 0) is 23.8 Å². The predicted molar refractivity (Wildman–Crippen MR) is 230 cm³/mol. The number of aliphatic hydroxyl groups excluding tert-OH is 4. The fraction of sp³-hybridized carbons (Fsp3) is 0.578. The number of likely N-dealkylation sites (N-methyl/N-ethyl adjacent to an activating group) is 1. The van der Waals surface area contributed by atoms with E-state index < -0.39 is 83.4 Å². The van der Waals surface area contributed by atoms with Gasteiger partial charge in [-0.1, -0.05) is 45.9 Å². The number of anilines is 1. The summed E-state index contributed by atoms with van der Waals surface area (Å²) in [5.41, 5.74) is 0.0640. The summed E-state index contributed by atoms with van der Waals surface area (Å²) in [6.07, 6.45) is 3.28. The van der Waals surface area contributed by atoms with Crippen molar-refractivity contribution in [2.45, 2.75) is 91.7 Å². The van der Waals surface area contributed by atoms with Crippen molar-refractivity contribution in [1.29, 1.82) is 0 Å². The standard InChI is InChI=1S/C45H63N5O12/c1-23-12-11-13-24(2)44(58)48-36-30(22-47-50-18-16-49(9)17-19-50)39(55)32-33(40(36)56)35(46-15-20-51)26(4)42-34(32)43(57)45(8,62-42)60-21-14-31(59-10)25(3)41(61-29(7)52)28(6)38(54)27(5)37(23)53/h11-14,21-23,25,27-28,31,37-39,41,46,51,53-55H,15-20H2,1-10H3,(H,48,58)/b12-11+,21-14+,24-13-,47-22+/t23-,25+,27+,28+,31-,37-,38+,39?,41+,45-/m0/s1. The Kier molecular flexibility index (Phi) is 15.6. The lowest BCUT2D eigenvalue weighted by Crippen LogP contribution is -2.46. The molecule has 1 unspecified atom stereocenters. The van der Waals surface area contributed by atoms with Gasteiger partial charge in [0.25, 0.3) is 11.7 Å². The Bertz CT molecular complexity index is 2040. The van der Waals surface area contributed by atoms with Gasteiger partial charge in [0.05, 0.1) is 59.9 Å². The van der Waals surface area contributed by atoms with Crippen LogP contribution in [0.1, 0.15) is 86.4 Å². The zero-order valence-electron chi connectivity index (χ0n) is 37.3. The van der Waals surface area contributed by atoms with Crippen molar-refractivity contribution < 1.29 is 58.6 Å². The van der Waals surface area contributed by atoms with Crippen molar-refractivity contribution in [3.63, 3.8) is 0 Å². The number of rotatable bonds is 7. The molecule has 1 aromatic rings. The predicted octanol–water partition coefficient (Wildman–Crippen LogP) is 2.78. The maximum absolute atomic E-state index is 14.9. The highest BCUT2D eigenvalue weighted by atomic mass is 16.7. The molecule has 17 heteroatoms. The lowest BCUT2D eigenvalue weighted by molar-refractivity contribution is -0.160. The van der Waals surface area contributed by atoms with E-state index in [9.17, 15) is 39.6 Å². The molecule has 1 aromatic carbocycles. The van der Waals surface area contributed by atoms with Gasteiger partial charge >= 0.3 is 11.8 Å². The minimum atomic E-state index is -2.02. The number of nitrogens with zero attached hydrogens (tertiary/aromatic N) is 3. The van der Waals surface area contributed by atoms with E-state index in [2.05, 4.69) is 20.6 Å². The monoisotopic (exact) mass is 865 g/mol. The molecule has 0 saturated carbocycles. The van der Waals surface area contributed by atoms with Gasteiger partial charge < -0.3 is 54.9 Å². The third kappa shape index (κ3) is 9.82. The number of benzene rings is 1. The number of Topliss-reactive ketones (excluding diaryl/α,β-unsaturated/α-hetero) is 2. The third-order valence-corrected chi connectivity index (χ3v) is 12.4. The van der Waals surface area contributed by atoms with Crippen molar-refractivity contribution in [1.82, 2.24) is 15.2 Å². The van der Waals surface area contributed by atoms with Gasteiger partial charge in [0.15, 0.2) is 0 Å². The molecule has 0 spiro atoms. The van der Waals surface area contributed by atoms with Crippen molar-refractivity contribution in [3.05, 3.63) is 69.7 Å². The number of nitrogens with one attached hydrogen (secondary N) is 2. The first-order valence-electron chi connectivity index (χ1n) is 21.1. The van der Waals surface area contributed by atoms with E-state index in [4.69, 9.17) is 18.9 Å². The molecule has 1 amide bonds. The molecule has 340 valence electrons. The second-order valence-corrected chi connectivity index (χ2v) is 16.9. The van der Waals surface area contributed by atoms with Crippen LogP contribution in [0.25, 0.3) is 0 Å². The van der Waals surface area contributed by atoms with E-state index >= 15 is 0 Å². The lowest BCUT2D eigenvalue weighted by Gasteiger charge is -2.38. The molecule has 6 N–H and O–H groups in total. The van der Waals surface area contributed by atoms with E-state index in [-0.39, 0.29) is 58.1 Å². The van der Waals surface area contributed by atoms with Crippen LogP contribution >= 0.6 is 0 Å². The highest BCUT2D eigenvalue weighted by Gasteiger charge is 2.52. The van der Waals surface area contributed by atoms with Gasteiger partial charge in [0.1, 0.15) is 18.0 Å². The van der Waals surface area contributed by atoms with Crippen molar-refractivity contribution in [3.8, 4) is 5.75 Å². The SMILES string of the molecule is CO[C@H]1/C=C/O[C@@]2(C)Oc3c(C)c(NCCO)c4c(c3C2=O)C(O)C(/C=N/N2CCN(C)CC2)=C(NC(=O)/C(C)=C\C=C\[C@H](C)[C@H](O)[C@@H](C)[C@@H](O)[C@@H](C)[C@H](OC(C)=O)[C@@H]1C)C4=O. The molecule has 10 atom stereocenters. The third-order valence-electron chi connectivity index (χ3n) is 12.4. The summed E-state index contributed by atoms with van der Waals surface area (Å²) in [5, 5.41) is 57.4. The van der Waals surface area contributed by atoms with Gasteiger partial charge in [-0.15, -0.1) is 0 Å². The maximum atomic E-state index is 14.9. The molecule has 1 fully saturated rings. The lowest BCUT2D eigenvalue weighted by atomic mass is 9.78. The molecule has 1 saturated heterocycles. The number of amides is 1. The summed E-state index contributed by atoms with van der Waals surface area (Å²) >= 11 is 0. The van der Waals surface area contributed by atoms with Gasteiger partial charge in [0, 0.05) is 99.6 Å². The highest BCUT2D eigenvalue weighted by molar-refractivity contribution is 6.22. The second kappa shape index (κ2) is 20.1. The van der Waals surface area contributed by atoms with Gasteiger partial charge in [-0.25, -0.2) is 0 Å². The summed E-state index contributed by atoms with van der Waals surface area (Å²) in [5.74, 6) is -7.15. The molecule has 1 aliphatic carbocycles. The number of hydrogen-bond acceptors (Lipinski definition) is 16. The normalized spacial score (nSPS) is 33.4. The number of piperazine rings is 1. The maximum Gasteiger partial charge on any atom is 0.312 e.